The second-order valence-electron chi connectivity index (χ2n) is 5.05. The molecule has 0 aromatic carbocycles. The summed E-state index contributed by atoms with van der Waals surface area (Å²) in [7, 11) is 1.72. The van der Waals surface area contributed by atoms with Crippen LogP contribution in [-0.4, -0.2) is 69.8 Å². The van der Waals surface area contributed by atoms with Crippen LogP contribution in [0.2, 0.25) is 0 Å². The molecule has 0 aliphatic carbocycles. The lowest BCUT2D eigenvalue weighted by atomic mass is 10.1. The average Bonchev–Trinajstić information content (AvgIpc) is 2.92. The molecule has 3 heterocycles. The Bertz CT molecular complexity index is 568. The molecule has 2 aliphatic rings. The van der Waals surface area contributed by atoms with E-state index in [-0.39, 0.29) is 16.9 Å². The Hall–Kier alpha value is -1.65. The second-order valence-corrected chi connectivity index (χ2v) is 5.05. The first-order valence-corrected chi connectivity index (χ1v) is 6.13. The van der Waals surface area contributed by atoms with Crippen LogP contribution in [-0.2, 0) is 4.74 Å². The number of hydrogen-bond donors (Lipinski definition) is 4. The van der Waals surface area contributed by atoms with Crippen LogP contribution in [0.15, 0.2) is 11.3 Å². The van der Waals surface area contributed by atoms with E-state index < -0.39 is 24.5 Å². The molecule has 0 amide bonds. The maximum atomic E-state index is 10.1. The Balaban J connectivity index is 2.01. The SMILES string of the molecule is C[N+]1([C@@H]2O[C@H](CO)[C@@H](O)[C@H]2O)C=Nc2c(N)ncnc21. The van der Waals surface area contributed by atoms with Gasteiger partial charge in [-0.15, -0.1) is 0 Å². The zero-order valence-corrected chi connectivity index (χ0v) is 10.8. The normalized spacial score (nSPS) is 39.2. The fraction of sp³-hybridized carbons (Fsp3) is 0.545. The summed E-state index contributed by atoms with van der Waals surface area (Å²) in [4.78, 5) is 12.2. The van der Waals surface area contributed by atoms with Crippen LogP contribution in [0.1, 0.15) is 0 Å². The van der Waals surface area contributed by atoms with Crippen molar-refractivity contribution >= 4 is 23.7 Å². The molecule has 1 fully saturated rings. The van der Waals surface area contributed by atoms with Gasteiger partial charge in [0.25, 0.3) is 5.82 Å². The quantitative estimate of drug-likeness (QED) is 0.466. The lowest BCUT2D eigenvalue weighted by molar-refractivity contribution is -0.0602. The number of nitrogens with zero attached hydrogens (tertiary/aromatic N) is 4. The van der Waals surface area contributed by atoms with Crippen LogP contribution in [0.4, 0.5) is 17.3 Å². The van der Waals surface area contributed by atoms with Crippen LogP contribution >= 0.6 is 0 Å². The van der Waals surface area contributed by atoms with Crippen molar-refractivity contribution in [1.82, 2.24) is 14.5 Å². The summed E-state index contributed by atoms with van der Waals surface area (Å²) in [6.07, 6.45) is -1.19. The third-order valence-electron chi connectivity index (χ3n) is 3.76. The van der Waals surface area contributed by atoms with Crippen LogP contribution in [0.25, 0.3) is 0 Å². The van der Waals surface area contributed by atoms with Crippen LogP contribution in [0.5, 0.6) is 0 Å². The van der Waals surface area contributed by atoms with E-state index in [1.807, 2.05) is 0 Å². The van der Waals surface area contributed by atoms with Gasteiger partial charge in [-0.25, -0.2) is 9.47 Å². The van der Waals surface area contributed by atoms with Crippen molar-refractivity contribution in [3.05, 3.63) is 6.33 Å². The maximum Gasteiger partial charge on any atom is 0.267 e. The summed E-state index contributed by atoms with van der Waals surface area (Å²) in [6.45, 7) is -0.384. The predicted octanol–water partition coefficient (Wildman–Crippen LogP) is -1.89. The molecule has 3 rings (SSSR count). The van der Waals surface area contributed by atoms with E-state index in [4.69, 9.17) is 15.6 Å². The molecule has 0 bridgehead atoms. The van der Waals surface area contributed by atoms with Gasteiger partial charge in [0.1, 0.15) is 18.5 Å². The van der Waals surface area contributed by atoms with Gasteiger partial charge in [0.15, 0.2) is 23.9 Å². The molecule has 9 heteroatoms. The minimum atomic E-state index is -1.18. The highest BCUT2D eigenvalue weighted by Gasteiger charge is 2.55. The molecule has 0 spiro atoms. The number of fused-ring (bicyclic) bond motifs is 1. The van der Waals surface area contributed by atoms with Gasteiger partial charge in [-0.1, -0.05) is 0 Å². The second kappa shape index (κ2) is 4.43. The third-order valence-corrected chi connectivity index (χ3v) is 3.76. The molecule has 2 aliphatic heterocycles. The Morgan fingerprint density at radius 2 is 2.10 bits per heavy atom. The van der Waals surface area contributed by atoms with Gasteiger partial charge >= 0.3 is 0 Å². The number of anilines is 1. The van der Waals surface area contributed by atoms with Crippen molar-refractivity contribution in [2.24, 2.45) is 4.99 Å². The fourth-order valence-corrected chi connectivity index (χ4v) is 2.60. The summed E-state index contributed by atoms with van der Waals surface area (Å²) in [5.41, 5.74) is 6.16. The highest BCUT2D eigenvalue weighted by atomic mass is 16.6. The van der Waals surface area contributed by atoms with Gasteiger partial charge in [0.2, 0.25) is 6.23 Å². The lowest BCUT2D eigenvalue weighted by Crippen LogP contribution is -2.57. The Morgan fingerprint density at radius 3 is 2.75 bits per heavy atom. The number of nitrogen functional groups attached to an aromatic ring is 1. The first-order chi connectivity index (χ1) is 9.49. The molecule has 5 N–H and O–H groups in total. The molecular formula is C11H16N5O4+. The van der Waals surface area contributed by atoms with E-state index in [0.29, 0.717) is 11.5 Å². The van der Waals surface area contributed by atoms with Crippen molar-refractivity contribution in [3.8, 4) is 0 Å². The number of nitrogens with two attached hydrogens (primary N) is 1. The van der Waals surface area contributed by atoms with Crippen LogP contribution in [0, 0.1) is 0 Å². The first-order valence-electron chi connectivity index (χ1n) is 6.13. The molecule has 1 saturated heterocycles. The topological polar surface area (TPSA) is 134 Å². The van der Waals surface area contributed by atoms with Crippen molar-refractivity contribution in [2.45, 2.75) is 24.5 Å². The third kappa shape index (κ3) is 1.65. The van der Waals surface area contributed by atoms with Gasteiger partial charge < -0.3 is 25.8 Å². The predicted molar refractivity (Wildman–Crippen MR) is 70.1 cm³/mol. The molecule has 5 atom stereocenters. The van der Waals surface area contributed by atoms with Gasteiger partial charge in [0.05, 0.1) is 13.7 Å². The van der Waals surface area contributed by atoms with E-state index in [9.17, 15) is 10.2 Å². The number of aliphatic imine (C=N–C) groups is 1. The Labute approximate surface area is 114 Å². The minimum Gasteiger partial charge on any atom is -0.394 e. The number of rotatable bonds is 2. The van der Waals surface area contributed by atoms with Crippen molar-refractivity contribution in [2.75, 3.05) is 19.4 Å². The average molecular weight is 282 g/mol. The Kier molecular flexibility index (Phi) is 2.96. The van der Waals surface area contributed by atoms with Crippen molar-refractivity contribution in [3.63, 3.8) is 0 Å². The van der Waals surface area contributed by atoms with Crippen LogP contribution in [0.3, 0.4) is 0 Å². The highest BCUT2D eigenvalue weighted by Crippen LogP contribution is 2.42. The molecule has 9 nitrogen and oxygen atoms in total. The number of aliphatic hydroxyl groups excluding tert-OH is 3. The number of aliphatic hydroxyl groups is 3. The summed E-state index contributed by atoms with van der Waals surface area (Å²) in [6, 6.07) is 0. The summed E-state index contributed by atoms with van der Waals surface area (Å²) in [5.74, 6) is 0.715. The van der Waals surface area contributed by atoms with E-state index in [0.717, 1.165) is 0 Å². The van der Waals surface area contributed by atoms with Crippen LogP contribution < -0.4 is 10.2 Å². The molecule has 20 heavy (non-hydrogen) atoms. The molecule has 1 aromatic heterocycles. The minimum absolute atomic E-state index is 0.0726. The molecule has 0 radical (unpaired) electrons. The van der Waals surface area contributed by atoms with Crippen molar-refractivity contribution < 1.29 is 20.1 Å². The Morgan fingerprint density at radius 1 is 1.35 bits per heavy atom. The van der Waals surface area contributed by atoms with Gasteiger partial charge in [0, 0.05) is 0 Å². The molecular weight excluding hydrogens is 266 g/mol. The smallest absolute Gasteiger partial charge is 0.267 e. The summed E-state index contributed by atoms with van der Waals surface area (Å²) >= 11 is 0. The molecule has 0 saturated carbocycles. The lowest BCUT2D eigenvalue weighted by Gasteiger charge is -2.31. The number of likely N-dealkylation sites (N-methyl/N-ethyl adjacent to an activating group) is 1. The zero-order valence-electron chi connectivity index (χ0n) is 10.8. The maximum absolute atomic E-state index is 10.1. The molecule has 1 unspecified atom stereocenters. The first kappa shape index (κ1) is 13.3. The summed E-state index contributed by atoms with van der Waals surface area (Å²) in [5, 5.41) is 29.2. The van der Waals surface area contributed by atoms with E-state index in [1.54, 1.807) is 7.05 Å². The van der Waals surface area contributed by atoms with Gasteiger partial charge in [-0.05, 0) is 0 Å². The number of quaternary nitrogens is 1. The molecule has 1 aromatic rings. The monoisotopic (exact) mass is 282 g/mol. The van der Waals surface area contributed by atoms with Crippen molar-refractivity contribution in [1.29, 1.82) is 0 Å². The number of aromatic nitrogens is 2. The number of hydrogen-bond acceptors (Lipinski definition) is 8. The van der Waals surface area contributed by atoms with E-state index in [1.165, 1.54) is 12.7 Å². The van der Waals surface area contributed by atoms with Gasteiger partial charge in [-0.3, -0.25) is 0 Å². The zero-order chi connectivity index (χ0) is 14.5. The number of ether oxygens (including phenoxy) is 1. The summed E-state index contributed by atoms with van der Waals surface area (Å²) < 4.78 is 5.48. The van der Waals surface area contributed by atoms with E-state index in [2.05, 4.69) is 15.0 Å². The van der Waals surface area contributed by atoms with Gasteiger partial charge in [-0.2, -0.15) is 9.98 Å². The largest absolute Gasteiger partial charge is 0.394 e. The highest BCUT2D eigenvalue weighted by molar-refractivity contribution is 5.90. The standard InChI is InChI=1S/C11H16N5O4/c1-16(11-8(19)7(18)5(2-17)20-11)4-15-6-9(12)13-3-14-10(6)16/h3-5,7-8,11,17-19H,2H2,1H3,(H2,12,13,14)/q+1/t5-,7-,8-,11-,16?/m1/s1. The fourth-order valence-electron chi connectivity index (χ4n) is 2.60. The van der Waals surface area contributed by atoms with E-state index >= 15 is 0 Å². The molecule has 108 valence electrons.